The highest BCUT2D eigenvalue weighted by molar-refractivity contribution is 6.37. The molecule has 3 aromatic rings. The van der Waals surface area contributed by atoms with Crippen LogP contribution in [-0.4, -0.2) is 72.7 Å². The Kier molecular flexibility index (Phi) is 7.89. The molecule has 34 heavy (non-hydrogen) atoms. The van der Waals surface area contributed by atoms with Gasteiger partial charge in [-0.3, -0.25) is 14.6 Å². The number of ether oxygens (including phenoxy) is 1. The Morgan fingerprint density at radius 1 is 1.03 bits per heavy atom. The van der Waals surface area contributed by atoms with E-state index in [4.69, 9.17) is 16.3 Å². The predicted molar refractivity (Wildman–Crippen MR) is 138 cm³/mol. The van der Waals surface area contributed by atoms with E-state index in [1.165, 1.54) is 0 Å². The van der Waals surface area contributed by atoms with Gasteiger partial charge in [0.05, 0.1) is 24.3 Å². The van der Waals surface area contributed by atoms with Crippen LogP contribution in [0.4, 0.5) is 0 Å². The molecule has 1 saturated heterocycles. The predicted octanol–water partition coefficient (Wildman–Crippen LogP) is 4.86. The summed E-state index contributed by atoms with van der Waals surface area (Å²) in [5.41, 5.74) is 1.85. The number of carbonyl (C=O) groups is 1. The molecule has 0 saturated carbocycles. The molecule has 0 aliphatic carbocycles. The maximum atomic E-state index is 13.2. The van der Waals surface area contributed by atoms with Crippen molar-refractivity contribution in [2.75, 3.05) is 39.8 Å². The molecule has 1 aliphatic heterocycles. The van der Waals surface area contributed by atoms with Gasteiger partial charge >= 0.3 is 0 Å². The minimum absolute atomic E-state index is 0.0844. The number of halogens is 1. The number of nitrogens with zero attached hydrogens (tertiary/aromatic N) is 2. The Bertz CT molecular complexity index is 1130. The van der Waals surface area contributed by atoms with Crippen LogP contribution in [0.5, 0.6) is 5.75 Å². The van der Waals surface area contributed by atoms with Gasteiger partial charge in [-0.1, -0.05) is 67.1 Å². The number of carbonyl (C=O) groups excluding carboxylic acids is 1. The van der Waals surface area contributed by atoms with E-state index in [-0.39, 0.29) is 17.7 Å². The summed E-state index contributed by atoms with van der Waals surface area (Å²) in [6.07, 6.45) is -0.420. The van der Waals surface area contributed by atoms with Gasteiger partial charge in [0.2, 0.25) is 0 Å². The van der Waals surface area contributed by atoms with Crippen LogP contribution in [-0.2, 0) is 0 Å². The van der Waals surface area contributed by atoms with Crippen molar-refractivity contribution in [2.45, 2.75) is 31.9 Å². The van der Waals surface area contributed by atoms with Crippen molar-refractivity contribution in [2.24, 2.45) is 0 Å². The Labute approximate surface area is 206 Å². The number of hydrogen-bond acceptors (Lipinski definition) is 5. The first-order chi connectivity index (χ1) is 16.4. The average Bonchev–Trinajstić information content (AvgIpc) is 2.88. The summed E-state index contributed by atoms with van der Waals surface area (Å²) < 4.78 is 5.29. The van der Waals surface area contributed by atoms with Crippen molar-refractivity contribution < 1.29 is 14.6 Å². The quantitative estimate of drug-likeness (QED) is 0.467. The molecule has 180 valence electrons. The van der Waals surface area contributed by atoms with Crippen LogP contribution in [0.3, 0.4) is 0 Å². The third-order valence-corrected chi connectivity index (χ3v) is 7.49. The van der Waals surface area contributed by atoms with Crippen LogP contribution < -0.4 is 4.74 Å². The van der Waals surface area contributed by atoms with E-state index < -0.39 is 6.10 Å². The molecule has 0 bridgehead atoms. The van der Waals surface area contributed by atoms with E-state index >= 15 is 0 Å². The van der Waals surface area contributed by atoms with E-state index in [2.05, 4.69) is 28.9 Å². The van der Waals surface area contributed by atoms with Crippen LogP contribution in [0.2, 0.25) is 5.02 Å². The molecule has 1 aliphatic rings. The second-order valence-corrected chi connectivity index (χ2v) is 9.54. The molecular weight excluding hydrogens is 448 g/mol. The van der Waals surface area contributed by atoms with Crippen molar-refractivity contribution in [3.63, 3.8) is 0 Å². The average molecular weight is 481 g/mol. The number of rotatable bonds is 8. The van der Waals surface area contributed by atoms with E-state index in [0.717, 1.165) is 42.5 Å². The van der Waals surface area contributed by atoms with Crippen molar-refractivity contribution in [1.82, 2.24) is 9.80 Å². The summed E-state index contributed by atoms with van der Waals surface area (Å²) in [4.78, 5) is 17.8. The van der Waals surface area contributed by atoms with E-state index in [1.54, 1.807) is 7.11 Å². The van der Waals surface area contributed by atoms with Crippen LogP contribution in [0.25, 0.3) is 10.8 Å². The van der Waals surface area contributed by atoms with E-state index in [9.17, 15) is 9.90 Å². The standard InChI is InChI=1S/C28H33ClN2O3/c1-19(21-7-5-4-6-8-21)25(32)18-30-13-15-31(16-14-30)20(2)28(33)23-9-11-24-22(17-23)10-12-26(34-3)27(24)29/h4-12,17,19-20,25,32H,13-16,18H2,1-3H3. The van der Waals surface area contributed by atoms with Crippen molar-refractivity contribution in [3.8, 4) is 5.75 Å². The molecule has 1 N–H and O–H groups in total. The number of ketones is 1. The number of β-amino-alcohol motifs (C(OH)–C–C–N with tert-alkyl or cyclic N) is 1. The summed E-state index contributed by atoms with van der Waals surface area (Å²) in [6, 6.07) is 19.4. The van der Waals surface area contributed by atoms with Gasteiger partial charge in [0.25, 0.3) is 0 Å². The zero-order valence-electron chi connectivity index (χ0n) is 20.1. The lowest BCUT2D eigenvalue weighted by atomic mass is 9.95. The number of methoxy groups -OCH3 is 1. The maximum absolute atomic E-state index is 13.2. The zero-order valence-corrected chi connectivity index (χ0v) is 20.8. The molecule has 6 heteroatoms. The lowest BCUT2D eigenvalue weighted by molar-refractivity contribution is 0.0466. The molecule has 0 radical (unpaired) electrons. The summed E-state index contributed by atoms with van der Waals surface area (Å²) in [5.74, 6) is 0.823. The number of aliphatic hydroxyl groups is 1. The van der Waals surface area contributed by atoms with Gasteiger partial charge in [0, 0.05) is 49.6 Å². The first kappa shape index (κ1) is 24.7. The lowest BCUT2D eigenvalue weighted by Crippen LogP contribution is -2.53. The van der Waals surface area contributed by atoms with Crippen molar-refractivity contribution >= 4 is 28.2 Å². The summed E-state index contributed by atoms with van der Waals surface area (Å²) in [5, 5.41) is 13.1. The molecule has 0 aromatic heterocycles. The van der Waals surface area contributed by atoms with E-state index in [1.807, 2.05) is 55.5 Å². The van der Waals surface area contributed by atoms with Crippen LogP contribution in [0, 0.1) is 0 Å². The third-order valence-electron chi connectivity index (χ3n) is 7.10. The van der Waals surface area contributed by atoms with E-state index in [0.29, 0.717) is 22.9 Å². The second-order valence-electron chi connectivity index (χ2n) is 9.16. The first-order valence-corrected chi connectivity index (χ1v) is 12.3. The molecule has 4 rings (SSSR count). The van der Waals surface area contributed by atoms with Gasteiger partial charge in [-0.15, -0.1) is 0 Å². The molecule has 3 unspecified atom stereocenters. The number of hydrogen-bond donors (Lipinski definition) is 1. The smallest absolute Gasteiger partial charge is 0.179 e. The highest BCUT2D eigenvalue weighted by atomic mass is 35.5. The highest BCUT2D eigenvalue weighted by Crippen LogP contribution is 2.33. The van der Waals surface area contributed by atoms with Gasteiger partial charge in [-0.25, -0.2) is 0 Å². The van der Waals surface area contributed by atoms with Crippen LogP contribution in [0.1, 0.15) is 35.7 Å². The van der Waals surface area contributed by atoms with Crippen molar-refractivity contribution in [1.29, 1.82) is 0 Å². The summed E-state index contributed by atoms with van der Waals surface area (Å²) in [7, 11) is 1.59. The number of piperazine rings is 1. The maximum Gasteiger partial charge on any atom is 0.179 e. The Morgan fingerprint density at radius 3 is 2.41 bits per heavy atom. The molecule has 1 fully saturated rings. The molecule has 3 atom stereocenters. The monoisotopic (exact) mass is 480 g/mol. The zero-order chi connectivity index (χ0) is 24.2. The van der Waals surface area contributed by atoms with Crippen molar-refractivity contribution in [3.05, 3.63) is 76.8 Å². The van der Waals surface area contributed by atoms with Crippen LogP contribution in [0.15, 0.2) is 60.7 Å². The van der Waals surface area contributed by atoms with Crippen LogP contribution >= 0.6 is 11.6 Å². The highest BCUT2D eigenvalue weighted by Gasteiger charge is 2.28. The SMILES string of the molecule is COc1ccc2cc(C(=O)C(C)N3CCN(CC(O)C(C)c4ccccc4)CC3)ccc2c1Cl. The summed E-state index contributed by atoms with van der Waals surface area (Å²) >= 11 is 6.42. The van der Waals surface area contributed by atoms with Gasteiger partial charge in [0.15, 0.2) is 5.78 Å². The summed E-state index contributed by atoms with van der Waals surface area (Å²) in [6.45, 7) is 7.97. The third kappa shape index (κ3) is 5.28. The first-order valence-electron chi connectivity index (χ1n) is 11.9. The molecule has 0 amide bonds. The topological polar surface area (TPSA) is 53.0 Å². The van der Waals surface area contributed by atoms with Gasteiger partial charge < -0.3 is 9.84 Å². The largest absolute Gasteiger partial charge is 0.495 e. The number of Topliss-reactive ketones (excluding diaryl/α,β-unsaturated/α-hetero) is 1. The molecule has 5 nitrogen and oxygen atoms in total. The number of benzene rings is 3. The van der Waals surface area contributed by atoms with Gasteiger partial charge in [0.1, 0.15) is 5.75 Å². The Hall–Kier alpha value is -2.44. The fourth-order valence-corrected chi connectivity index (χ4v) is 5.04. The normalized spacial score (nSPS) is 17.9. The number of fused-ring (bicyclic) bond motifs is 1. The molecule has 3 aromatic carbocycles. The second kappa shape index (κ2) is 10.9. The molecule has 1 heterocycles. The molecule has 0 spiro atoms. The minimum Gasteiger partial charge on any atom is -0.495 e. The van der Waals surface area contributed by atoms with Gasteiger partial charge in [-0.05, 0) is 30.0 Å². The number of aliphatic hydroxyl groups excluding tert-OH is 1. The lowest BCUT2D eigenvalue weighted by Gasteiger charge is -2.38. The van der Waals surface area contributed by atoms with Gasteiger partial charge in [-0.2, -0.15) is 0 Å². The Morgan fingerprint density at radius 2 is 1.74 bits per heavy atom. The fraction of sp³-hybridized carbons (Fsp3) is 0.393. The fourth-order valence-electron chi connectivity index (χ4n) is 4.72. The minimum atomic E-state index is -0.420. The Balaban J connectivity index is 1.35. The molecular formula is C28H33ClN2O3.